The van der Waals surface area contributed by atoms with Crippen LogP contribution in [0.1, 0.15) is 90.9 Å². The molecule has 0 aliphatic rings. The second-order valence-electron chi connectivity index (χ2n) is 6.81. The van der Waals surface area contributed by atoms with Crippen molar-refractivity contribution in [1.29, 1.82) is 0 Å². The molecular formula is C22H39NO. The van der Waals surface area contributed by atoms with E-state index in [9.17, 15) is 0 Å². The Morgan fingerprint density at radius 3 is 2.00 bits per heavy atom. The first kappa shape index (κ1) is 20.9. The molecule has 0 amide bonds. The SMILES string of the molecule is CCCCCCCCNc1ccccc1OCCCCCCCC. The predicted molar refractivity (Wildman–Crippen MR) is 107 cm³/mol. The molecule has 0 atom stereocenters. The lowest BCUT2D eigenvalue weighted by molar-refractivity contribution is 0.305. The minimum absolute atomic E-state index is 0.835. The number of rotatable bonds is 16. The average molecular weight is 334 g/mol. The number of nitrogens with one attached hydrogen (secondary N) is 1. The molecule has 138 valence electrons. The highest BCUT2D eigenvalue weighted by Crippen LogP contribution is 2.24. The van der Waals surface area contributed by atoms with Crippen molar-refractivity contribution in [2.24, 2.45) is 0 Å². The average Bonchev–Trinajstić information content (AvgIpc) is 2.61. The van der Waals surface area contributed by atoms with E-state index in [0.717, 1.165) is 31.0 Å². The lowest BCUT2D eigenvalue weighted by Gasteiger charge is -2.13. The van der Waals surface area contributed by atoms with Crippen LogP contribution >= 0.6 is 0 Å². The zero-order chi connectivity index (χ0) is 17.3. The van der Waals surface area contributed by atoms with Gasteiger partial charge in [-0.1, -0.05) is 90.2 Å². The fourth-order valence-electron chi connectivity index (χ4n) is 2.93. The van der Waals surface area contributed by atoms with Gasteiger partial charge >= 0.3 is 0 Å². The van der Waals surface area contributed by atoms with E-state index in [4.69, 9.17) is 4.74 Å². The third-order valence-electron chi connectivity index (χ3n) is 4.49. The Balaban J connectivity index is 2.14. The fourth-order valence-corrected chi connectivity index (χ4v) is 2.93. The molecule has 0 saturated carbocycles. The predicted octanol–water partition coefficient (Wildman–Crippen LogP) is 7.20. The van der Waals surface area contributed by atoms with Crippen LogP contribution in [0.25, 0.3) is 0 Å². The third-order valence-corrected chi connectivity index (χ3v) is 4.49. The van der Waals surface area contributed by atoms with Crippen molar-refractivity contribution >= 4 is 5.69 Å². The monoisotopic (exact) mass is 333 g/mol. The van der Waals surface area contributed by atoms with Crippen molar-refractivity contribution in [2.75, 3.05) is 18.5 Å². The van der Waals surface area contributed by atoms with Crippen LogP contribution in [0.2, 0.25) is 0 Å². The summed E-state index contributed by atoms with van der Waals surface area (Å²) < 4.78 is 5.99. The summed E-state index contributed by atoms with van der Waals surface area (Å²) in [5, 5.41) is 3.55. The van der Waals surface area contributed by atoms with Crippen LogP contribution in [0, 0.1) is 0 Å². The maximum absolute atomic E-state index is 5.99. The molecule has 0 aliphatic heterocycles. The minimum Gasteiger partial charge on any atom is -0.491 e. The van der Waals surface area contributed by atoms with Gasteiger partial charge < -0.3 is 10.1 Å². The van der Waals surface area contributed by atoms with E-state index in [1.165, 1.54) is 70.6 Å². The van der Waals surface area contributed by atoms with E-state index in [0.29, 0.717) is 0 Å². The van der Waals surface area contributed by atoms with Gasteiger partial charge in [0.25, 0.3) is 0 Å². The normalized spacial score (nSPS) is 10.8. The quantitative estimate of drug-likeness (QED) is 0.323. The maximum atomic E-state index is 5.99. The molecule has 0 radical (unpaired) electrons. The van der Waals surface area contributed by atoms with Gasteiger partial charge in [0, 0.05) is 6.54 Å². The molecule has 0 bridgehead atoms. The second kappa shape index (κ2) is 15.4. The zero-order valence-electron chi connectivity index (χ0n) is 16.1. The molecule has 0 fully saturated rings. The first-order chi connectivity index (χ1) is 11.9. The Kier molecular flexibility index (Phi) is 13.3. The first-order valence-electron chi connectivity index (χ1n) is 10.3. The second-order valence-corrected chi connectivity index (χ2v) is 6.81. The Morgan fingerprint density at radius 1 is 0.708 bits per heavy atom. The van der Waals surface area contributed by atoms with Crippen LogP contribution in [0.15, 0.2) is 24.3 Å². The van der Waals surface area contributed by atoms with Gasteiger partial charge in [0.2, 0.25) is 0 Å². The topological polar surface area (TPSA) is 21.3 Å². The highest BCUT2D eigenvalue weighted by Gasteiger charge is 2.02. The van der Waals surface area contributed by atoms with E-state index in [2.05, 4.69) is 43.4 Å². The van der Waals surface area contributed by atoms with Gasteiger partial charge in [-0.15, -0.1) is 0 Å². The van der Waals surface area contributed by atoms with E-state index in [1.54, 1.807) is 0 Å². The molecular weight excluding hydrogens is 294 g/mol. The number of para-hydroxylation sites is 2. The van der Waals surface area contributed by atoms with E-state index in [-0.39, 0.29) is 0 Å². The fraction of sp³-hybridized carbons (Fsp3) is 0.727. The van der Waals surface area contributed by atoms with Gasteiger partial charge in [0.15, 0.2) is 0 Å². The lowest BCUT2D eigenvalue weighted by atomic mass is 10.1. The van der Waals surface area contributed by atoms with Crippen LogP contribution in [-0.2, 0) is 0 Å². The van der Waals surface area contributed by atoms with Crippen LogP contribution < -0.4 is 10.1 Å². The van der Waals surface area contributed by atoms with Crippen molar-refractivity contribution in [1.82, 2.24) is 0 Å². The largest absolute Gasteiger partial charge is 0.491 e. The Bertz CT molecular complexity index is 354. The summed E-state index contributed by atoms with van der Waals surface area (Å²) >= 11 is 0. The van der Waals surface area contributed by atoms with Crippen molar-refractivity contribution in [3.63, 3.8) is 0 Å². The van der Waals surface area contributed by atoms with Gasteiger partial charge in [-0.05, 0) is 25.0 Å². The molecule has 0 aromatic heterocycles. The molecule has 1 N–H and O–H groups in total. The van der Waals surface area contributed by atoms with Gasteiger partial charge in [0.05, 0.1) is 12.3 Å². The molecule has 0 spiro atoms. The van der Waals surface area contributed by atoms with Crippen LogP contribution in [0.3, 0.4) is 0 Å². The van der Waals surface area contributed by atoms with Crippen molar-refractivity contribution in [3.8, 4) is 5.75 Å². The summed E-state index contributed by atoms with van der Waals surface area (Å²) in [7, 11) is 0. The Hall–Kier alpha value is -1.18. The molecule has 1 aromatic rings. The molecule has 2 nitrogen and oxygen atoms in total. The first-order valence-corrected chi connectivity index (χ1v) is 10.3. The summed E-state index contributed by atoms with van der Waals surface area (Å²) in [4.78, 5) is 0. The number of hydrogen-bond acceptors (Lipinski definition) is 2. The van der Waals surface area contributed by atoms with Crippen LogP contribution in [0.4, 0.5) is 5.69 Å². The number of benzene rings is 1. The molecule has 1 aromatic carbocycles. The van der Waals surface area contributed by atoms with E-state index in [1.807, 2.05) is 0 Å². The maximum Gasteiger partial charge on any atom is 0.142 e. The van der Waals surface area contributed by atoms with Crippen molar-refractivity contribution in [3.05, 3.63) is 24.3 Å². The summed E-state index contributed by atoms with van der Waals surface area (Å²) in [6.45, 7) is 6.41. The molecule has 1 rings (SSSR count). The molecule has 0 heterocycles. The number of anilines is 1. The van der Waals surface area contributed by atoms with Gasteiger partial charge in [-0.3, -0.25) is 0 Å². The van der Waals surface area contributed by atoms with Gasteiger partial charge in [0.1, 0.15) is 5.75 Å². The summed E-state index contributed by atoms with van der Waals surface area (Å²) in [5.74, 6) is 1.01. The summed E-state index contributed by atoms with van der Waals surface area (Å²) in [6, 6.07) is 8.36. The van der Waals surface area contributed by atoms with Gasteiger partial charge in [-0.25, -0.2) is 0 Å². The van der Waals surface area contributed by atoms with E-state index < -0.39 is 0 Å². The number of ether oxygens (including phenoxy) is 1. The van der Waals surface area contributed by atoms with Crippen LogP contribution in [0.5, 0.6) is 5.75 Å². The summed E-state index contributed by atoms with van der Waals surface area (Å²) in [5.41, 5.74) is 1.15. The van der Waals surface area contributed by atoms with Crippen molar-refractivity contribution in [2.45, 2.75) is 90.9 Å². The molecule has 2 heteroatoms. The lowest BCUT2D eigenvalue weighted by Crippen LogP contribution is -2.05. The minimum atomic E-state index is 0.835. The third kappa shape index (κ3) is 10.6. The molecule has 0 saturated heterocycles. The zero-order valence-corrected chi connectivity index (χ0v) is 16.1. The Morgan fingerprint density at radius 2 is 1.29 bits per heavy atom. The number of unbranched alkanes of at least 4 members (excludes halogenated alkanes) is 10. The number of hydrogen-bond donors (Lipinski definition) is 1. The highest BCUT2D eigenvalue weighted by molar-refractivity contribution is 5.56. The Labute approximate surface area is 150 Å². The molecule has 24 heavy (non-hydrogen) atoms. The van der Waals surface area contributed by atoms with Gasteiger partial charge in [-0.2, -0.15) is 0 Å². The smallest absolute Gasteiger partial charge is 0.142 e. The highest BCUT2D eigenvalue weighted by atomic mass is 16.5. The van der Waals surface area contributed by atoms with E-state index >= 15 is 0 Å². The molecule has 0 unspecified atom stereocenters. The molecule has 0 aliphatic carbocycles. The summed E-state index contributed by atoms with van der Waals surface area (Å²) in [6.07, 6.45) is 15.9. The van der Waals surface area contributed by atoms with Crippen LogP contribution in [-0.4, -0.2) is 13.2 Å². The van der Waals surface area contributed by atoms with Crippen molar-refractivity contribution < 1.29 is 4.74 Å². The standard InChI is InChI=1S/C22H39NO/c1-3-5-7-9-11-15-19-23-21-17-13-14-18-22(21)24-20-16-12-10-8-6-4-2/h13-14,17-18,23H,3-12,15-16,19-20H2,1-2H3.